The van der Waals surface area contributed by atoms with Crippen molar-refractivity contribution in [1.29, 1.82) is 0 Å². The number of esters is 1. The Morgan fingerprint density at radius 3 is 2.30 bits per heavy atom. The molecule has 2 unspecified atom stereocenters. The van der Waals surface area contributed by atoms with Gasteiger partial charge in [-0.1, -0.05) is 36.4 Å². The third-order valence-electron chi connectivity index (χ3n) is 5.66. The third kappa shape index (κ3) is 6.64. The predicted octanol–water partition coefficient (Wildman–Crippen LogP) is 1.83. The molecule has 1 aliphatic rings. The number of benzene rings is 2. The van der Waals surface area contributed by atoms with Crippen LogP contribution in [-0.2, 0) is 42.4 Å². The summed E-state index contributed by atoms with van der Waals surface area (Å²) in [4.78, 5) is 36.9. The van der Waals surface area contributed by atoms with E-state index in [0.717, 1.165) is 8.61 Å². The monoisotopic (exact) mass is 533 g/mol. The number of nitrogens with zero attached hydrogens (tertiary/aromatic N) is 2. The number of ether oxygens (including phenoxy) is 2. The maximum Gasteiger partial charge on any atom is 0.322 e. The Bertz CT molecular complexity index is 1270. The van der Waals surface area contributed by atoms with Crippen LogP contribution in [-0.4, -0.2) is 59.2 Å². The van der Waals surface area contributed by atoms with Crippen LogP contribution in [0.15, 0.2) is 48.5 Å². The Morgan fingerprint density at radius 2 is 1.73 bits per heavy atom. The number of carboxylic acid groups (broad SMARTS) is 1. The standard InChI is InChI=1S/C25H31N3O8S/c1-25(2,3)36-24(32)21(23(30)31)22(26)18-7-5-6-17(12-18)13-27-15-20(29)28(37(27,33)34)14-16-8-10-19(35-4)11-9-16/h5-12,21-22H,13-15,26H2,1-4H3,(H,30,31). The van der Waals surface area contributed by atoms with Gasteiger partial charge in [0.05, 0.1) is 26.2 Å². The second-order valence-electron chi connectivity index (χ2n) is 9.64. The van der Waals surface area contributed by atoms with E-state index in [9.17, 15) is 27.9 Å². The van der Waals surface area contributed by atoms with Crippen molar-refractivity contribution in [3.8, 4) is 5.75 Å². The van der Waals surface area contributed by atoms with E-state index in [-0.39, 0.29) is 19.6 Å². The number of hydrogen-bond acceptors (Lipinski definition) is 8. The molecule has 200 valence electrons. The van der Waals surface area contributed by atoms with Gasteiger partial charge in [-0.2, -0.15) is 12.7 Å². The Morgan fingerprint density at radius 1 is 1.08 bits per heavy atom. The van der Waals surface area contributed by atoms with Crippen LogP contribution >= 0.6 is 0 Å². The van der Waals surface area contributed by atoms with Gasteiger partial charge in [0.25, 0.3) is 5.91 Å². The highest BCUT2D eigenvalue weighted by molar-refractivity contribution is 7.87. The predicted molar refractivity (Wildman–Crippen MR) is 133 cm³/mol. The first kappa shape index (κ1) is 28.1. The molecule has 12 heteroatoms. The van der Waals surface area contributed by atoms with E-state index in [4.69, 9.17) is 15.2 Å². The maximum atomic E-state index is 13.1. The number of carbonyl (C=O) groups is 3. The molecule has 0 aromatic heterocycles. The molecule has 1 amide bonds. The zero-order chi connectivity index (χ0) is 27.5. The van der Waals surface area contributed by atoms with Gasteiger partial charge in [0.1, 0.15) is 11.4 Å². The van der Waals surface area contributed by atoms with Gasteiger partial charge in [-0.3, -0.25) is 14.4 Å². The van der Waals surface area contributed by atoms with E-state index < -0.39 is 45.6 Å². The SMILES string of the molecule is COc1ccc(CN2C(=O)CN(Cc3cccc(C(N)C(C(=O)O)C(=O)OC(C)(C)C)c3)S2(=O)=O)cc1. The van der Waals surface area contributed by atoms with Gasteiger partial charge < -0.3 is 20.3 Å². The smallest absolute Gasteiger partial charge is 0.322 e. The van der Waals surface area contributed by atoms with Crippen molar-refractivity contribution in [1.82, 2.24) is 8.61 Å². The summed E-state index contributed by atoms with van der Waals surface area (Å²) in [6.45, 7) is 4.24. The minimum Gasteiger partial charge on any atom is -0.497 e. The summed E-state index contributed by atoms with van der Waals surface area (Å²) in [5.74, 6) is -4.03. The van der Waals surface area contributed by atoms with Crippen molar-refractivity contribution in [3.05, 3.63) is 65.2 Å². The molecule has 0 aliphatic carbocycles. The molecule has 2 aromatic carbocycles. The molecule has 0 spiro atoms. The lowest BCUT2D eigenvalue weighted by atomic mass is 9.92. The first-order chi connectivity index (χ1) is 17.2. The van der Waals surface area contributed by atoms with E-state index in [1.807, 2.05) is 0 Å². The molecule has 37 heavy (non-hydrogen) atoms. The fourth-order valence-electron chi connectivity index (χ4n) is 3.84. The number of methoxy groups -OCH3 is 1. The Kier molecular flexibility index (Phi) is 8.25. The van der Waals surface area contributed by atoms with Crippen molar-refractivity contribution < 1.29 is 37.4 Å². The highest BCUT2D eigenvalue weighted by Gasteiger charge is 2.42. The van der Waals surface area contributed by atoms with E-state index in [0.29, 0.717) is 22.4 Å². The second kappa shape index (κ2) is 10.9. The van der Waals surface area contributed by atoms with Crippen LogP contribution in [0.4, 0.5) is 0 Å². The molecular weight excluding hydrogens is 502 g/mol. The normalized spacial score (nSPS) is 17.3. The molecule has 0 saturated carbocycles. The number of carbonyl (C=O) groups excluding carboxylic acids is 2. The van der Waals surface area contributed by atoms with Crippen LogP contribution in [0, 0.1) is 5.92 Å². The van der Waals surface area contributed by atoms with Crippen molar-refractivity contribution in [2.24, 2.45) is 11.7 Å². The molecule has 3 rings (SSSR count). The lowest BCUT2D eigenvalue weighted by Gasteiger charge is -2.25. The maximum absolute atomic E-state index is 13.1. The van der Waals surface area contributed by atoms with Crippen molar-refractivity contribution in [2.45, 2.75) is 45.5 Å². The molecule has 2 aromatic rings. The highest BCUT2D eigenvalue weighted by atomic mass is 32.2. The quantitative estimate of drug-likeness (QED) is 0.362. The van der Waals surface area contributed by atoms with Crippen LogP contribution in [0.1, 0.15) is 43.5 Å². The lowest BCUT2D eigenvalue weighted by Crippen LogP contribution is -2.39. The van der Waals surface area contributed by atoms with Crippen LogP contribution in [0.3, 0.4) is 0 Å². The number of aliphatic carboxylic acids is 1. The Balaban J connectivity index is 1.78. The molecule has 1 fully saturated rings. The van der Waals surface area contributed by atoms with Crippen molar-refractivity contribution >= 4 is 28.1 Å². The summed E-state index contributed by atoms with van der Waals surface area (Å²) in [6, 6.07) is 11.8. The van der Waals surface area contributed by atoms with E-state index in [1.165, 1.54) is 13.2 Å². The topological polar surface area (TPSA) is 157 Å². The molecule has 1 heterocycles. The van der Waals surface area contributed by atoms with Gasteiger partial charge in [-0.05, 0) is 49.6 Å². The van der Waals surface area contributed by atoms with Gasteiger partial charge >= 0.3 is 22.1 Å². The van der Waals surface area contributed by atoms with Crippen molar-refractivity contribution in [2.75, 3.05) is 13.7 Å². The minimum atomic E-state index is -4.10. The Hall–Kier alpha value is -3.48. The average molecular weight is 534 g/mol. The lowest BCUT2D eigenvalue weighted by molar-refractivity contribution is -0.167. The largest absolute Gasteiger partial charge is 0.497 e. The van der Waals surface area contributed by atoms with Crippen LogP contribution in [0.2, 0.25) is 0 Å². The molecule has 3 N–H and O–H groups in total. The van der Waals surface area contributed by atoms with Crippen LogP contribution in [0.5, 0.6) is 5.75 Å². The van der Waals surface area contributed by atoms with Gasteiger partial charge in [0.2, 0.25) is 0 Å². The zero-order valence-electron chi connectivity index (χ0n) is 21.1. The fraction of sp³-hybridized carbons (Fsp3) is 0.400. The summed E-state index contributed by atoms with van der Waals surface area (Å²) < 4.78 is 38.4. The molecule has 1 aliphatic heterocycles. The number of amides is 1. The van der Waals surface area contributed by atoms with Crippen LogP contribution < -0.4 is 10.5 Å². The summed E-state index contributed by atoms with van der Waals surface area (Å²) in [5.41, 5.74) is 6.66. The molecular formula is C25H31N3O8S. The van der Waals surface area contributed by atoms with E-state index in [1.54, 1.807) is 63.2 Å². The molecule has 11 nitrogen and oxygen atoms in total. The molecule has 0 bridgehead atoms. The third-order valence-corrected chi connectivity index (χ3v) is 7.46. The number of rotatable bonds is 9. The second-order valence-corrected chi connectivity index (χ2v) is 11.5. The van der Waals surface area contributed by atoms with E-state index >= 15 is 0 Å². The average Bonchev–Trinajstić information content (AvgIpc) is 3.01. The first-order valence-electron chi connectivity index (χ1n) is 11.5. The zero-order valence-corrected chi connectivity index (χ0v) is 21.9. The van der Waals surface area contributed by atoms with Gasteiger partial charge in [-0.25, -0.2) is 4.31 Å². The highest BCUT2D eigenvalue weighted by Crippen LogP contribution is 2.27. The summed E-state index contributed by atoms with van der Waals surface area (Å²) in [5, 5.41) is 9.63. The van der Waals surface area contributed by atoms with Crippen LogP contribution in [0.25, 0.3) is 0 Å². The van der Waals surface area contributed by atoms with E-state index in [2.05, 4.69) is 0 Å². The first-order valence-corrected chi connectivity index (χ1v) is 12.9. The molecule has 0 radical (unpaired) electrons. The minimum absolute atomic E-state index is 0.122. The fourth-order valence-corrected chi connectivity index (χ4v) is 5.34. The molecule has 2 atom stereocenters. The number of nitrogens with two attached hydrogens (primary N) is 1. The summed E-state index contributed by atoms with van der Waals surface area (Å²) in [6.07, 6.45) is 0. The number of hydrogen-bond donors (Lipinski definition) is 2. The van der Waals surface area contributed by atoms with Gasteiger partial charge in [0, 0.05) is 6.54 Å². The van der Waals surface area contributed by atoms with Gasteiger partial charge in [0.15, 0.2) is 5.92 Å². The Labute approximate surface area is 215 Å². The van der Waals surface area contributed by atoms with Gasteiger partial charge in [-0.15, -0.1) is 0 Å². The molecule has 1 saturated heterocycles. The summed E-state index contributed by atoms with van der Waals surface area (Å²) >= 11 is 0. The van der Waals surface area contributed by atoms with Crippen molar-refractivity contribution in [3.63, 3.8) is 0 Å². The number of carboxylic acids is 1. The summed E-state index contributed by atoms with van der Waals surface area (Å²) in [7, 11) is -2.58.